The van der Waals surface area contributed by atoms with Gasteiger partial charge in [-0.3, -0.25) is 4.79 Å². The van der Waals surface area contributed by atoms with Gasteiger partial charge in [0.25, 0.3) is 5.91 Å². The molecule has 0 aliphatic heterocycles. The van der Waals surface area contributed by atoms with Gasteiger partial charge in [0.15, 0.2) is 0 Å². The molecule has 1 aromatic rings. The highest BCUT2D eigenvalue weighted by atomic mass is 79.9. The summed E-state index contributed by atoms with van der Waals surface area (Å²) >= 11 is 9.31. The lowest BCUT2D eigenvalue weighted by atomic mass is 10.1. The van der Waals surface area contributed by atoms with Crippen molar-refractivity contribution in [2.75, 3.05) is 12.4 Å². The first-order valence-corrected chi connectivity index (χ1v) is 8.00. The van der Waals surface area contributed by atoms with E-state index >= 15 is 0 Å². The molecule has 0 bridgehead atoms. The minimum absolute atomic E-state index is 0.0601. The number of halogens is 2. The summed E-state index contributed by atoms with van der Waals surface area (Å²) in [5.41, 5.74) is 1.80. The molecule has 0 saturated carbocycles. The second-order valence-corrected chi connectivity index (χ2v) is 5.87. The Morgan fingerprint density at radius 2 is 2.00 bits per heavy atom. The molecule has 0 N–H and O–H groups in total. The van der Waals surface area contributed by atoms with Crippen LogP contribution in [0.4, 0.5) is 0 Å². The Hall–Kier alpha value is -0.540. The minimum Gasteiger partial charge on any atom is -0.334 e. The number of aryl methyl sites for hydroxylation is 1. The molecule has 0 unspecified atom stereocenters. The van der Waals surface area contributed by atoms with Crippen molar-refractivity contribution in [1.82, 2.24) is 4.90 Å². The van der Waals surface area contributed by atoms with E-state index in [0.717, 1.165) is 28.4 Å². The van der Waals surface area contributed by atoms with Crippen molar-refractivity contribution in [2.24, 2.45) is 0 Å². The first-order chi connectivity index (χ1) is 9.04. The minimum atomic E-state index is 0.0601. The van der Waals surface area contributed by atoms with E-state index in [1.54, 1.807) is 0 Å². The van der Waals surface area contributed by atoms with Gasteiger partial charge in [0.2, 0.25) is 0 Å². The molecular weight excluding hydrogens is 326 g/mol. The highest BCUT2D eigenvalue weighted by Crippen LogP contribution is 2.22. The first-order valence-electron chi connectivity index (χ1n) is 6.68. The fourth-order valence-electron chi connectivity index (χ4n) is 2.23. The molecule has 0 atom stereocenters. The maximum atomic E-state index is 12.7. The van der Waals surface area contributed by atoms with Crippen LogP contribution < -0.4 is 0 Å². The lowest BCUT2D eigenvalue weighted by Gasteiger charge is -2.30. The van der Waals surface area contributed by atoms with E-state index in [1.165, 1.54) is 0 Å². The molecule has 0 heterocycles. The molecule has 2 nitrogen and oxygen atoms in total. The second-order valence-electron chi connectivity index (χ2n) is 4.64. The van der Waals surface area contributed by atoms with E-state index in [-0.39, 0.29) is 11.9 Å². The molecule has 106 valence electrons. The highest BCUT2D eigenvalue weighted by molar-refractivity contribution is 9.10. The molecule has 19 heavy (non-hydrogen) atoms. The molecule has 0 aromatic heterocycles. The Bertz CT molecular complexity index is 432. The average Bonchev–Trinajstić information content (AvgIpc) is 2.41. The van der Waals surface area contributed by atoms with Crippen LogP contribution in [0, 0.1) is 6.92 Å². The molecule has 0 aliphatic rings. The zero-order valence-electron chi connectivity index (χ0n) is 11.7. The van der Waals surface area contributed by atoms with Gasteiger partial charge in [0, 0.05) is 22.9 Å². The fraction of sp³-hybridized carbons (Fsp3) is 0.533. The van der Waals surface area contributed by atoms with Gasteiger partial charge in [-0.15, -0.1) is 11.6 Å². The Kier molecular flexibility index (Phi) is 6.87. The van der Waals surface area contributed by atoms with Crippen molar-refractivity contribution in [3.05, 3.63) is 33.8 Å². The summed E-state index contributed by atoms with van der Waals surface area (Å²) in [4.78, 5) is 14.6. The Morgan fingerprint density at radius 1 is 1.37 bits per heavy atom. The quantitative estimate of drug-likeness (QED) is 0.688. The van der Waals surface area contributed by atoms with Gasteiger partial charge < -0.3 is 4.90 Å². The van der Waals surface area contributed by atoms with Gasteiger partial charge in [0.1, 0.15) is 0 Å². The number of alkyl halides is 1. The molecule has 0 aliphatic carbocycles. The summed E-state index contributed by atoms with van der Waals surface area (Å²) in [7, 11) is 0. The summed E-state index contributed by atoms with van der Waals surface area (Å²) < 4.78 is 0.841. The van der Waals surface area contributed by atoms with Crippen LogP contribution in [0.3, 0.4) is 0 Å². The smallest absolute Gasteiger partial charge is 0.255 e. The number of rotatable bonds is 6. The van der Waals surface area contributed by atoms with Crippen LogP contribution >= 0.6 is 27.5 Å². The van der Waals surface area contributed by atoms with Crippen LogP contribution in [0.15, 0.2) is 22.7 Å². The second kappa shape index (κ2) is 7.91. The third-order valence-corrected chi connectivity index (χ3v) is 4.18. The zero-order chi connectivity index (χ0) is 14.4. The van der Waals surface area contributed by atoms with E-state index in [0.29, 0.717) is 12.4 Å². The summed E-state index contributed by atoms with van der Waals surface area (Å²) in [6, 6.07) is 6.09. The molecule has 1 aromatic carbocycles. The van der Waals surface area contributed by atoms with Crippen molar-refractivity contribution < 1.29 is 4.79 Å². The van der Waals surface area contributed by atoms with Gasteiger partial charge in [-0.25, -0.2) is 0 Å². The molecule has 0 radical (unpaired) electrons. The maximum Gasteiger partial charge on any atom is 0.255 e. The van der Waals surface area contributed by atoms with Gasteiger partial charge in [-0.05, 0) is 47.8 Å². The zero-order valence-corrected chi connectivity index (χ0v) is 14.1. The van der Waals surface area contributed by atoms with Crippen LogP contribution in [-0.2, 0) is 0 Å². The van der Waals surface area contributed by atoms with E-state index in [2.05, 4.69) is 29.8 Å². The largest absolute Gasteiger partial charge is 0.334 e. The highest BCUT2D eigenvalue weighted by Gasteiger charge is 2.23. The predicted molar refractivity (Wildman–Crippen MR) is 85.0 cm³/mol. The third-order valence-electron chi connectivity index (χ3n) is 3.32. The van der Waals surface area contributed by atoms with Crippen molar-refractivity contribution in [3.63, 3.8) is 0 Å². The molecule has 4 heteroatoms. The Balaban J connectivity index is 3.08. The summed E-state index contributed by atoms with van der Waals surface area (Å²) in [6.07, 6.45) is 1.89. The molecular formula is C15H21BrClNO. The van der Waals surface area contributed by atoms with Crippen LogP contribution in [0.25, 0.3) is 0 Å². The first kappa shape index (κ1) is 16.5. The summed E-state index contributed by atoms with van der Waals surface area (Å²) in [6.45, 7) is 6.79. The predicted octanol–water partition coefficient (Wildman–Crippen LogP) is 4.63. The summed E-state index contributed by atoms with van der Waals surface area (Å²) in [5.74, 6) is 0.524. The van der Waals surface area contributed by atoms with Crippen molar-refractivity contribution in [2.45, 2.75) is 39.7 Å². The normalized spacial score (nSPS) is 10.8. The van der Waals surface area contributed by atoms with Gasteiger partial charge >= 0.3 is 0 Å². The van der Waals surface area contributed by atoms with Crippen molar-refractivity contribution in [3.8, 4) is 0 Å². The van der Waals surface area contributed by atoms with Gasteiger partial charge in [-0.2, -0.15) is 0 Å². The van der Waals surface area contributed by atoms with Gasteiger partial charge in [-0.1, -0.05) is 25.5 Å². The molecule has 1 amide bonds. The van der Waals surface area contributed by atoms with Crippen molar-refractivity contribution >= 4 is 33.4 Å². The van der Waals surface area contributed by atoms with Crippen LogP contribution in [0.5, 0.6) is 0 Å². The van der Waals surface area contributed by atoms with Gasteiger partial charge in [0.05, 0.1) is 5.56 Å². The van der Waals surface area contributed by atoms with Crippen LogP contribution in [0.1, 0.15) is 42.6 Å². The number of hydrogen-bond acceptors (Lipinski definition) is 1. The molecule has 0 fully saturated rings. The molecule has 0 spiro atoms. The number of nitrogens with zero attached hydrogens (tertiary/aromatic N) is 1. The number of hydrogen-bond donors (Lipinski definition) is 0. The standard InChI is InChI=1S/C15H21BrClNO/c1-4-12(5-2)18(9-8-17)15(19)13-10-11(3)6-7-14(13)16/h6-7,10,12H,4-5,8-9H2,1-3H3. The maximum absolute atomic E-state index is 12.7. The van der Waals surface area contributed by atoms with Crippen LogP contribution in [-0.4, -0.2) is 29.3 Å². The molecule has 0 saturated heterocycles. The average molecular weight is 347 g/mol. The topological polar surface area (TPSA) is 20.3 Å². The SMILES string of the molecule is CCC(CC)N(CCCl)C(=O)c1cc(C)ccc1Br. The number of benzene rings is 1. The lowest BCUT2D eigenvalue weighted by Crippen LogP contribution is -2.41. The van der Waals surface area contributed by atoms with E-state index in [9.17, 15) is 4.79 Å². The lowest BCUT2D eigenvalue weighted by molar-refractivity contribution is 0.0680. The number of carbonyl (C=O) groups excluding carboxylic acids is 1. The van der Waals surface area contributed by atoms with Crippen molar-refractivity contribution in [1.29, 1.82) is 0 Å². The van der Waals surface area contributed by atoms with Crippen LogP contribution in [0.2, 0.25) is 0 Å². The molecule has 1 rings (SSSR count). The Labute approximate surface area is 129 Å². The van der Waals surface area contributed by atoms with E-state index in [4.69, 9.17) is 11.6 Å². The Morgan fingerprint density at radius 3 is 2.53 bits per heavy atom. The fourth-order valence-corrected chi connectivity index (χ4v) is 2.83. The number of amides is 1. The number of carbonyl (C=O) groups is 1. The monoisotopic (exact) mass is 345 g/mol. The van der Waals surface area contributed by atoms with E-state index in [1.807, 2.05) is 30.0 Å². The van der Waals surface area contributed by atoms with E-state index < -0.39 is 0 Å². The summed E-state index contributed by atoms with van der Waals surface area (Å²) in [5, 5.41) is 0. The third kappa shape index (κ3) is 4.22.